The third-order valence-electron chi connectivity index (χ3n) is 10.0. The Morgan fingerprint density at radius 1 is 0.700 bits per heavy atom. The number of aliphatic hydroxyl groups excluding tert-OH is 2. The molecule has 5 unspecified atom stereocenters. The maximum absolute atomic E-state index is 9.40. The van der Waals surface area contributed by atoms with Crippen LogP contribution in [0.25, 0.3) is 0 Å². The minimum absolute atomic E-state index is 0.0909. The van der Waals surface area contributed by atoms with Crippen molar-refractivity contribution in [1.29, 1.82) is 0 Å². The fourth-order valence-electron chi connectivity index (χ4n) is 5.33. The first-order chi connectivity index (χ1) is 18.0. The molecule has 0 aromatic carbocycles. The van der Waals surface area contributed by atoms with Gasteiger partial charge in [-0.25, -0.2) is 0 Å². The molecule has 0 spiro atoms. The van der Waals surface area contributed by atoms with Crippen LogP contribution in [-0.4, -0.2) is 86.7 Å². The normalized spacial score (nSPS) is 19.8. The zero-order valence-corrected chi connectivity index (χ0v) is 34.1. The van der Waals surface area contributed by atoms with Crippen LogP contribution in [0.3, 0.4) is 0 Å². The fourth-order valence-corrected chi connectivity index (χ4v) is 22.4. The molecule has 0 aromatic heterocycles. The van der Waals surface area contributed by atoms with Crippen LogP contribution in [0.1, 0.15) is 67.2 Å². The lowest BCUT2D eigenvalue weighted by atomic mass is 10.3. The summed E-state index contributed by atoms with van der Waals surface area (Å²) in [5, 5.41) is 18.1. The first-order valence-corrected chi connectivity index (χ1v) is 30.4. The van der Waals surface area contributed by atoms with Gasteiger partial charge in [0.15, 0.2) is 8.32 Å². The van der Waals surface area contributed by atoms with E-state index in [2.05, 4.69) is 107 Å². The van der Waals surface area contributed by atoms with Crippen LogP contribution in [-0.2, 0) is 17.7 Å². The predicted octanol–water partition coefficient (Wildman–Crippen LogP) is 7.71. The Balaban J connectivity index is 6.05. The summed E-state index contributed by atoms with van der Waals surface area (Å²) in [4.78, 5) is 0. The van der Waals surface area contributed by atoms with Crippen molar-refractivity contribution in [1.82, 2.24) is 0 Å². The highest BCUT2D eigenvalue weighted by molar-refractivity contribution is 6.84. The molecule has 0 saturated carbocycles. The molecule has 0 fully saturated rings. The monoisotopic (exact) mass is 652 g/mol. The van der Waals surface area contributed by atoms with Crippen molar-refractivity contribution < 1.29 is 27.9 Å². The third-order valence-corrected chi connectivity index (χ3v) is 28.7. The lowest BCUT2D eigenvalue weighted by molar-refractivity contribution is 0.0821. The molecule has 11 heteroatoms. The van der Waals surface area contributed by atoms with Gasteiger partial charge in [-0.2, -0.15) is 0 Å². The van der Waals surface area contributed by atoms with Gasteiger partial charge in [0.1, 0.15) is 0 Å². The van der Waals surface area contributed by atoms with Gasteiger partial charge < -0.3 is 27.9 Å². The second-order valence-electron chi connectivity index (χ2n) is 14.7. The first-order valence-electron chi connectivity index (χ1n) is 15.6. The Morgan fingerprint density at radius 3 is 1.50 bits per heavy atom. The molecule has 2 N–H and O–H groups in total. The highest BCUT2D eigenvalue weighted by atomic mass is 28.4. The third kappa shape index (κ3) is 10.6. The SMILES string of the molecule is C=C[Si](C)(OC(C)(CC)[Si](C)(C)OC(C)[Si](C)(C)CCCO)C(C)O[Si](C)(C)C(C)(CC)O[Si](C)(C)CCCO. The summed E-state index contributed by atoms with van der Waals surface area (Å²) in [7, 11) is -10.9. The Bertz CT molecular complexity index is 780. The molecule has 0 rings (SSSR count). The van der Waals surface area contributed by atoms with Crippen LogP contribution in [0.15, 0.2) is 12.3 Å². The van der Waals surface area contributed by atoms with Crippen molar-refractivity contribution in [3.05, 3.63) is 12.3 Å². The van der Waals surface area contributed by atoms with Crippen LogP contribution >= 0.6 is 0 Å². The average molecular weight is 653 g/mol. The number of aliphatic hydroxyl groups is 2. The lowest BCUT2D eigenvalue weighted by Crippen LogP contribution is -2.67. The average Bonchev–Trinajstić information content (AvgIpc) is 2.84. The minimum Gasteiger partial charge on any atom is -0.415 e. The molecular formula is C29H68O6Si5. The quantitative estimate of drug-likeness (QED) is 0.124. The number of hydrogen-bond donors (Lipinski definition) is 2. The van der Waals surface area contributed by atoms with Gasteiger partial charge in [-0.3, -0.25) is 0 Å². The summed E-state index contributed by atoms with van der Waals surface area (Å²) < 4.78 is 28.3. The highest BCUT2D eigenvalue weighted by Crippen LogP contribution is 2.39. The molecule has 0 radical (unpaired) electrons. The minimum atomic E-state index is -2.56. The second-order valence-corrected chi connectivity index (χ2v) is 36.6. The molecule has 240 valence electrons. The van der Waals surface area contributed by atoms with Gasteiger partial charge in [0.25, 0.3) is 0 Å². The van der Waals surface area contributed by atoms with E-state index in [1.54, 1.807) is 0 Å². The van der Waals surface area contributed by atoms with E-state index in [1.165, 1.54) is 0 Å². The van der Waals surface area contributed by atoms with Gasteiger partial charge in [0.2, 0.25) is 25.0 Å². The van der Waals surface area contributed by atoms with E-state index < -0.39 is 46.6 Å². The molecular weight excluding hydrogens is 585 g/mol. The van der Waals surface area contributed by atoms with Gasteiger partial charge >= 0.3 is 0 Å². The van der Waals surface area contributed by atoms with E-state index in [4.69, 9.17) is 17.7 Å². The molecule has 0 saturated heterocycles. The van der Waals surface area contributed by atoms with Crippen LogP contribution in [0.4, 0.5) is 0 Å². The van der Waals surface area contributed by atoms with Crippen LogP contribution in [0.2, 0.25) is 71.0 Å². The fraction of sp³-hybridized carbons (Fsp3) is 0.931. The smallest absolute Gasteiger partial charge is 0.240 e. The van der Waals surface area contributed by atoms with Crippen molar-refractivity contribution in [2.24, 2.45) is 0 Å². The van der Waals surface area contributed by atoms with Crippen LogP contribution in [0, 0.1) is 0 Å². The molecule has 0 aliphatic carbocycles. The lowest BCUT2D eigenvalue weighted by Gasteiger charge is -2.51. The van der Waals surface area contributed by atoms with Gasteiger partial charge in [-0.15, -0.1) is 6.58 Å². The zero-order chi connectivity index (χ0) is 31.8. The second kappa shape index (κ2) is 15.5. The van der Waals surface area contributed by atoms with Gasteiger partial charge in [-0.1, -0.05) is 38.7 Å². The molecule has 40 heavy (non-hydrogen) atoms. The summed E-state index contributed by atoms with van der Waals surface area (Å²) >= 11 is 0. The van der Waals surface area contributed by atoms with Gasteiger partial charge in [0.05, 0.1) is 24.2 Å². The van der Waals surface area contributed by atoms with E-state index in [0.717, 1.165) is 37.8 Å². The van der Waals surface area contributed by atoms with Crippen molar-refractivity contribution in [2.45, 2.75) is 160 Å². The Hall–Kier alpha value is 0.584. The summed E-state index contributed by atoms with van der Waals surface area (Å²) in [6.45, 7) is 38.7. The molecule has 0 aliphatic rings. The van der Waals surface area contributed by atoms with E-state index >= 15 is 0 Å². The molecule has 0 amide bonds. The van der Waals surface area contributed by atoms with E-state index in [1.807, 2.05) is 5.70 Å². The topological polar surface area (TPSA) is 77.4 Å². The largest absolute Gasteiger partial charge is 0.415 e. The maximum Gasteiger partial charge on any atom is 0.240 e. The molecule has 0 heterocycles. The van der Waals surface area contributed by atoms with E-state index in [9.17, 15) is 10.2 Å². The van der Waals surface area contributed by atoms with Crippen molar-refractivity contribution in [2.75, 3.05) is 13.2 Å². The highest BCUT2D eigenvalue weighted by Gasteiger charge is 2.54. The van der Waals surface area contributed by atoms with Crippen LogP contribution in [0.5, 0.6) is 0 Å². The van der Waals surface area contributed by atoms with E-state index in [-0.39, 0.29) is 29.9 Å². The predicted molar refractivity (Wildman–Crippen MR) is 185 cm³/mol. The Kier molecular flexibility index (Phi) is 15.8. The van der Waals surface area contributed by atoms with Gasteiger partial charge in [0, 0.05) is 18.9 Å². The maximum atomic E-state index is 9.40. The van der Waals surface area contributed by atoms with Crippen molar-refractivity contribution in [3.63, 3.8) is 0 Å². The Morgan fingerprint density at radius 2 is 1.10 bits per heavy atom. The molecule has 0 aromatic rings. The van der Waals surface area contributed by atoms with E-state index in [0.29, 0.717) is 0 Å². The molecule has 5 atom stereocenters. The molecule has 6 nitrogen and oxygen atoms in total. The van der Waals surface area contributed by atoms with Crippen molar-refractivity contribution in [3.8, 4) is 0 Å². The molecule has 0 aliphatic heterocycles. The van der Waals surface area contributed by atoms with Crippen LogP contribution < -0.4 is 0 Å². The van der Waals surface area contributed by atoms with Crippen molar-refractivity contribution >= 4 is 41.3 Å². The standard InChI is InChI=1S/C29H68O6Si5/c1-17-28(6,34-37(10,11)25-21-23-31)38(12,13)33-27(5)40(16,19-3)35-29(7,18-2)39(14,15)32-26(4)36(8,9)24-20-22-30/h19,26-27,30-31H,3,17-18,20-25H2,1-2,4-16H3. The summed E-state index contributed by atoms with van der Waals surface area (Å²) in [6, 6.07) is 1.99. The summed E-state index contributed by atoms with van der Waals surface area (Å²) in [6.07, 6.45) is 3.37. The summed E-state index contributed by atoms with van der Waals surface area (Å²) in [5.41, 5.74) is 2.15. The zero-order valence-electron chi connectivity index (χ0n) is 29.1. The number of rotatable bonds is 21. The molecule has 0 bridgehead atoms. The Labute approximate surface area is 254 Å². The first kappa shape index (κ1) is 40.6. The number of hydrogen-bond acceptors (Lipinski definition) is 6. The van der Waals surface area contributed by atoms with Gasteiger partial charge in [-0.05, 0) is 105 Å². The summed E-state index contributed by atoms with van der Waals surface area (Å²) in [5.74, 6) is 0.